The summed E-state index contributed by atoms with van der Waals surface area (Å²) in [6.07, 6.45) is -0.883. The number of halogens is 2. The second-order valence-corrected chi connectivity index (χ2v) is 9.26. The molecular formula is C21H20Cl2N4O6S. The Bertz CT molecular complexity index is 1270. The lowest BCUT2D eigenvalue weighted by atomic mass is 10.3. The van der Waals surface area contributed by atoms with Gasteiger partial charge in [0.1, 0.15) is 5.75 Å². The van der Waals surface area contributed by atoms with Crippen molar-refractivity contribution in [3.63, 3.8) is 0 Å². The highest BCUT2D eigenvalue weighted by molar-refractivity contribution is 7.92. The number of ether oxygens (including phenoxy) is 3. The summed E-state index contributed by atoms with van der Waals surface area (Å²) in [7, 11) is -1.27. The number of methoxy groups -OCH3 is 2. The Balaban J connectivity index is 1.67. The molecule has 34 heavy (non-hydrogen) atoms. The highest BCUT2D eigenvalue weighted by Crippen LogP contribution is 2.28. The van der Waals surface area contributed by atoms with Crippen molar-refractivity contribution < 1.29 is 27.4 Å². The summed E-state index contributed by atoms with van der Waals surface area (Å²) in [5.41, 5.74) is 0.368. The van der Waals surface area contributed by atoms with Crippen LogP contribution in [0.3, 0.4) is 0 Å². The van der Waals surface area contributed by atoms with Crippen molar-refractivity contribution in [2.45, 2.75) is 17.9 Å². The monoisotopic (exact) mass is 526 g/mol. The first-order chi connectivity index (χ1) is 16.1. The van der Waals surface area contributed by atoms with Crippen LogP contribution in [0.15, 0.2) is 53.4 Å². The van der Waals surface area contributed by atoms with E-state index in [0.717, 1.165) is 0 Å². The van der Waals surface area contributed by atoms with Crippen molar-refractivity contribution in [1.29, 1.82) is 0 Å². The summed E-state index contributed by atoms with van der Waals surface area (Å²) >= 11 is 11.9. The van der Waals surface area contributed by atoms with Crippen molar-refractivity contribution in [2.75, 3.05) is 24.3 Å². The number of aromatic nitrogens is 2. The van der Waals surface area contributed by atoms with Crippen LogP contribution in [0.25, 0.3) is 0 Å². The molecule has 0 saturated heterocycles. The van der Waals surface area contributed by atoms with Crippen molar-refractivity contribution in [2.24, 2.45) is 0 Å². The molecule has 1 atom stereocenters. The quantitative estimate of drug-likeness (QED) is 0.427. The Hall–Kier alpha value is -3.28. The molecule has 0 unspecified atom stereocenters. The maximum absolute atomic E-state index is 12.7. The molecule has 3 aromatic rings. The summed E-state index contributed by atoms with van der Waals surface area (Å²) in [4.78, 5) is 20.3. The molecule has 0 fully saturated rings. The van der Waals surface area contributed by atoms with E-state index in [4.69, 9.17) is 37.4 Å². The number of nitrogens with zero attached hydrogens (tertiary/aromatic N) is 2. The number of nitrogens with one attached hydrogen (secondary N) is 2. The molecule has 1 amide bonds. The van der Waals surface area contributed by atoms with E-state index < -0.39 is 22.0 Å². The molecule has 2 N–H and O–H groups in total. The molecule has 0 aliphatic heterocycles. The maximum atomic E-state index is 12.7. The number of carbonyl (C=O) groups excluding carboxylic acids is 1. The molecule has 0 aliphatic carbocycles. The van der Waals surface area contributed by atoms with Crippen molar-refractivity contribution in [3.8, 4) is 17.6 Å². The average Bonchev–Trinajstić information content (AvgIpc) is 2.80. The minimum atomic E-state index is -3.99. The van der Waals surface area contributed by atoms with E-state index in [9.17, 15) is 13.2 Å². The Morgan fingerprint density at radius 1 is 1.00 bits per heavy atom. The molecule has 2 aromatic carbocycles. The normalized spacial score (nSPS) is 11.9. The van der Waals surface area contributed by atoms with Crippen LogP contribution in [0.1, 0.15) is 6.92 Å². The van der Waals surface area contributed by atoms with Gasteiger partial charge < -0.3 is 19.5 Å². The zero-order valence-electron chi connectivity index (χ0n) is 18.2. The van der Waals surface area contributed by atoms with Gasteiger partial charge in [0, 0.05) is 16.8 Å². The Labute approximate surface area is 206 Å². The molecule has 10 nitrogen and oxygen atoms in total. The van der Waals surface area contributed by atoms with E-state index in [2.05, 4.69) is 20.0 Å². The summed E-state index contributed by atoms with van der Waals surface area (Å²) in [6.45, 7) is 1.55. The molecular weight excluding hydrogens is 507 g/mol. The predicted octanol–water partition coefficient (Wildman–Crippen LogP) is 4.01. The predicted molar refractivity (Wildman–Crippen MR) is 128 cm³/mol. The first-order valence-corrected chi connectivity index (χ1v) is 11.9. The van der Waals surface area contributed by atoms with Crippen LogP contribution in [0, 0.1) is 0 Å². The van der Waals surface area contributed by atoms with E-state index >= 15 is 0 Å². The Kier molecular flexibility index (Phi) is 8.02. The molecule has 0 saturated carbocycles. The van der Waals surface area contributed by atoms with Crippen LogP contribution >= 0.6 is 23.2 Å². The molecule has 0 aliphatic rings. The van der Waals surface area contributed by atoms with Gasteiger partial charge in [-0.05, 0) is 49.4 Å². The van der Waals surface area contributed by atoms with Gasteiger partial charge in [0.05, 0.1) is 24.1 Å². The number of amides is 1. The van der Waals surface area contributed by atoms with Crippen LogP contribution in [0.5, 0.6) is 17.6 Å². The molecule has 0 radical (unpaired) electrons. The van der Waals surface area contributed by atoms with E-state index in [-0.39, 0.29) is 27.6 Å². The molecule has 0 spiro atoms. The van der Waals surface area contributed by atoms with Crippen LogP contribution in [-0.4, -0.2) is 44.6 Å². The highest BCUT2D eigenvalue weighted by atomic mass is 35.5. The van der Waals surface area contributed by atoms with Gasteiger partial charge in [-0.3, -0.25) is 9.52 Å². The molecule has 0 bridgehead atoms. The topological polar surface area (TPSA) is 129 Å². The first-order valence-electron chi connectivity index (χ1n) is 9.64. The van der Waals surface area contributed by atoms with Crippen LogP contribution in [-0.2, 0) is 14.8 Å². The SMILES string of the molecule is COc1cc(NS(=O)(=O)c2ccc(NC(=O)[C@H](C)Oc3ccc(Cl)cc3Cl)cc2)nc(OC)n1. The molecule has 3 rings (SSSR count). The minimum absolute atomic E-state index is 0.0343. The van der Waals surface area contributed by atoms with Crippen molar-refractivity contribution in [3.05, 3.63) is 58.6 Å². The fourth-order valence-electron chi connectivity index (χ4n) is 2.62. The summed E-state index contributed by atoms with van der Waals surface area (Å²) in [6, 6.07) is 11.4. The van der Waals surface area contributed by atoms with Gasteiger partial charge in [-0.1, -0.05) is 23.2 Å². The molecule has 1 aromatic heterocycles. The molecule has 13 heteroatoms. The lowest BCUT2D eigenvalue weighted by Crippen LogP contribution is -2.30. The fraction of sp³-hybridized carbons (Fsp3) is 0.190. The number of anilines is 2. The third kappa shape index (κ3) is 6.40. The smallest absolute Gasteiger partial charge is 0.321 e. The summed E-state index contributed by atoms with van der Waals surface area (Å²) in [5, 5.41) is 3.36. The zero-order chi connectivity index (χ0) is 24.9. The Morgan fingerprint density at radius 2 is 1.71 bits per heavy atom. The van der Waals surface area contributed by atoms with E-state index in [1.54, 1.807) is 19.1 Å². The highest BCUT2D eigenvalue weighted by Gasteiger charge is 2.19. The lowest BCUT2D eigenvalue weighted by Gasteiger charge is -2.16. The number of hydrogen-bond donors (Lipinski definition) is 2. The maximum Gasteiger partial charge on any atom is 0.321 e. The number of sulfonamides is 1. The standard InChI is InChI=1S/C21H20Cl2N4O6S/c1-12(33-17-9-4-13(22)10-16(17)23)20(28)24-14-5-7-15(8-6-14)34(29,30)27-18-11-19(31-2)26-21(25-18)32-3/h4-12H,1-3H3,(H,24,28)(H,25,26,27)/t12-/m0/s1. The zero-order valence-corrected chi connectivity index (χ0v) is 20.5. The first kappa shape index (κ1) is 25.3. The second-order valence-electron chi connectivity index (χ2n) is 6.74. The third-order valence-corrected chi connectivity index (χ3v) is 6.21. The van der Waals surface area contributed by atoms with Crippen molar-refractivity contribution >= 4 is 50.6 Å². The van der Waals surface area contributed by atoms with Crippen LogP contribution in [0.2, 0.25) is 10.0 Å². The van der Waals surface area contributed by atoms with Gasteiger partial charge in [0.2, 0.25) is 5.88 Å². The largest absolute Gasteiger partial charge is 0.481 e. The lowest BCUT2D eigenvalue weighted by molar-refractivity contribution is -0.122. The average molecular weight is 527 g/mol. The molecule has 180 valence electrons. The van der Waals surface area contributed by atoms with E-state index in [0.29, 0.717) is 16.5 Å². The number of rotatable bonds is 9. The van der Waals surface area contributed by atoms with Gasteiger partial charge in [0.25, 0.3) is 15.9 Å². The van der Waals surface area contributed by atoms with Crippen molar-refractivity contribution in [1.82, 2.24) is 9.97 Å². The summed E-state index contributed by atoms with van der Waals surface area (Å²) in [5.74, 6) is -0.0640. The summed E-state index contributed by atoms with van der Waals surface area (Å²) < 4.78 is 43.3. The van der Waals surface area contributed by atoms with Gasteiger partial charge in [0.15, 0.2) is 11.9 Å². The van der Waals surface area contributed by atoms with Gasteiger partial charge >= 0.3 is 6.01 Å². The third-order valence-electron chi connectivity index (χ3n) is 4.31. The van der Waals surface area contributed by atoms with Gasteiger partial charge in [-0.15, -0.1) is 0 Å². The number of hydrogen-bond acceptors (Lipinski definition) is 8. The van der Waals surface area contributed by atoms with E-state index in [1.807, 2.05) is 0 Å². The second kappa shape index (κ2) is 10.8. The fourth-order valence-corrected chi connectivity index (χ4v) is 4.07. The Morgan fingerprint density at radius 3 is 2.32 bits per heavy atom. The minimum Gasteiger partial charge on any atom is -0.481 e. The van der Waals surface area contributed by atoms with Gasteiger partial charge in [-0.25, -0.2) is 8.42 Å². The number of carbonyl (C=O) groups is 1. The van der Waals surface area contributed by atoms with Crippen LogP contribution < -0.4 is 24.2 Å². The van der Waals surface area contributed by atoms with Crippen LogP contribution in [0.4, 0.5) is 11.5 Å². The van der Waals surface area contributed by atoms with Gasteiger partial charge in [-0.2, -0.15) is 9.97 Å². The number of benzene rings is 2. The van der Waals surface area contributed by atoms with E-state index in [1.165, 1.54) is 50.6 Å². The molecule has 1 heterocycles.